The van der Waals surface area contributed by atoms with Gasteiger partial charge in [-0.3, -0.25) is 0 Å². The summed E-state index contributed by atoms with van der Waals surface area (Å²) in [5.74, 6) is 2.37. The zero-order valence-electron chi connectivity index (χ0n) is 8.44. The zero-order valence-corrected chi connectivity index (χ0v) is 8.44. The van der Waals surface area contributed by atoms with Gasteiger partial charge in [0.2, 0.25) is 0 Å². The van der Waals surface area contributed by atoms with Crippen LogP contribution >= 0.6 is 0 Å². The molecule has 0 aliphatic heterocycles. The molecular formula is C11H18O. The minimum atomic E-state index is -0.948. The fourth-order valence-electron chi connectivity index (χ4n) is 0.753. The number of rotatable bonds is 3. The molecule has 1 nitrogen and oxygen atoms in total. The summed E-state index contributed by atoms with van der Waals surface area (Å²) in [5.41, 5.74) is 1.67. The van der Waals surface area contributed by atoms with Crippen molar-refractivity contribution in [3.05, 3.63) is 11.1 Å². The lowest BCUT2D eigenvalue weighted by Gasteiger charge is -2.16. The fourth-order valence-corrected chi connectivity index (χ4v) is 0.753. The van der Waals surface area contributed by atoms with Crippen molar-refractivity contribution in [1.82, 2.24) is 0 Å². The summed E-state index contributed by atoms with van der Waals surface area (Å²) in [7, 11) is 0. The van der Waals surface area contributed by atoms with Crippen LogP contribution < -0.4 is 0 Å². The molecule has 0 aromatic rings. The molecule has 1 N–H and O–H groups in total. The highest BCUT2D eigenvalue weighted by atomic mass is 16.3. The van der Waals surface area contributed by atoms with E-state index in [4.69, 9.17) is 6.42 Å². The Labute approximate surface area is 75.5 Å². The van der Waals surface area contributed by atoms with Crippen molar-refractivity contribution in [2.75, 3.05) is 0 Å². The van der Waals surface area contributed by atoms with Gasteiger partial charge < -0.3 is 5.11 Å². The standard InChI is InChI=1S/C11H18O/c1-6-11(5,12)8-7-10(4)9(2)3/h1,12H,7-8H2,2-5H3/t11-/m0/s1. The molecule has 0 amide bonds. The van der Waals surface area contributed by atoms with Gasteiger partial charge in [-0.05, 0) is 40.5 Å². The van der Waals surface area contributed by atoms with Crippen LogP contribution in [0.25, 0.3) is 0 Å². The summed E-state index contributed by atoms with van der Waals surface area (Å²) in [6.07, 6.45) is 6.67. The van der Waals surface area contributed by atoms with Crippen LogP contribution in [0.15, 0.2) is 11.1 Å². The van der Waals surface area contributed by atoms with Crippen molar-refractivity contribution in [2.24, 2.45) is 0 Å². The predicted octanol–water partition coefficient (Wildman–Crippen LogP) is 2.51. The third-order valence-corrected chi connectivity index (χ3v) is 2.15. The number of allylic oxidation sites excluding steroid dienone is 2. The summed E-state index contributed by atoms with van der Waals surface area (Å²) in [5, 5.41) is 9.50. The largest absolute Gasteiger partial charge is 0.378 e. The van der Waals surface area contributed by atoms with Crippen molar-refractivity contribution < 1.29 is 5.11 Å². The van der Waals surface area contributed by atoms with Crippen molar-refractivity contribution in [2.45, 2.75) is 46.1 Å². The molecule has 0 rings (SSSR count). The van der Waals surface area contributed by atoms with Gasteiger partial charge in [0, 0.05) is 0 Å². The van der Waals surface area contributed by atoms with E-state index in [-0.39, 0.29) is 0 Å². The van der Waals surface area contributed by atoms with Gasteiger partial charge in [-0.15, -0.1) is 6.42 Å². The molecule has 0 fully saturated rings. The smallest absolute Gasteiger partial charge is 0.122 e. The highest BCUT2D eigenvalue weighted by Crippen LogP contribution is 2.17. The van der Waals surface area contributed by atoms with Gasteiger partial charge in [0.25, 0.3) is 0 Å². The quantitative estimate of drug-likeness (QED) is 0.504. The van der Waals surface area contributed by atoms with E-state index in [2.05, 4.69) is 26.7 Å². The topological polar surface area (TPSA) is 20.2 Å². The predicted molar refractivity (Wildman–Crippen MR) is 52.7 cm³/mol. The number of hydrogen-bond donors (Lipinski definition) is 1. The lowest BCUT2D eigenvalue weighted by atomic mass is 9.97. The van der Waals surface area contributed by atoms with Crippen LogP contribution in [0.5, 0.6) is 0 Å². The Morgan fingerprint density at radius 2 is 1.92 bits per heavy atom. The van der Waals surface area contributed by atoms with E-state index in [1.54, 1.807) is 6.92 Å². The Hall–Kier alpha value is -0.740. The molecule has 12 heavy (non-hydrogen) atoms. The van der Waals surface area contributed by atoms with E-state index in [0.29, 0.717) is 6.42 Å². The van der Waals surface area contributed by atoms with Crippen molar-refractivity contribution in [3.8, 4) is 12.3 Å². The van der Waals surface area contributed by atoms with Crippen LogP contribution in [-0.4, -0.2) is 10.7 Å². The third-order valence-electron chi connectivity index (χ3n) is 2.15. The number of hydrogen-bond acceptors (Lipinski definition) is 1. The van der Waals surface area contributed by atoms with E-state index in [1.807, 2.05) is 0 Å². The second-order valence-corrected chi connectivity index (χ2v) is 3.70. The average molecular weight is 166 g/mol. The summed E-state index contributed by atoms with van der Waals surface area (Å²) in [6.45, 7) is 7.88. The second-order valence-electron chi connectivity index (χ2n) is 3.70. The minimum Gasteiger partial charge on any atom is -0.378 e. The molecule has 0 aromatic carbocycles. The van der Waals surface area contributed by atoms with E-state index in [1.165, 1.54) is 11.1 Å². The van der Waals surface area contributed by atoms with Gasteiger partial charge >= 0.3 is 0 Å². The number of aliphatic hydroxyl groups is 1. The Kier molecular flexibility index (Phi) is 4.06. The van der Waals surface area contributed by atoms with Crippen LogP contribution in [0, 0.1) is 12.3 Å². The molecule has 0 aliphatic rings. The monoisotopic (exact) mass is 166 g/mol. The van der Waals surface area contributed by atoms with Crippen LogP contribution in [-0.2, 0) is 0 Å². The zero-order chi connectivity index (χ0) is 9.78. The maximum absolute atomic E-state index is 9.50. The van der Waals surface area contributed by atoms with Crippen LogP contribution in [0.3, 0.4) is 0 Å². The molecule has 0 saturated heterocycles. The first kappa shape index (κ1) is 11.3. The molecule has 1 atom stereocenters. The van der Waals surface area contributed by atoms with Gasteiger partial charge in [0.05, 0.1) is 0 Å². The maximum Gasteiger partial charge on any atom is 0.122 e. The molecule has 68 valence electrons. The first-order valence-electron chi connectivity index (χ1n) is 4.22. The van der Waals surface area contributed by atoms with Gasteiger partial charge in [0.1, 0.15) is 5.60 Å². The fraction of sp³-hybridized carbons (Fsp3) is 0.636. The molecule has 0 radical (unpaired) electrons. The Morgan fingerprint density at radius 1 is 1.42 bits per heavy atom. The summed E-state index contributed by atoms with van der Waals surface area (Å²) in [6, 6.07) is 0. The highest BCUT2D eigenvalue weighted by Gasteiger charge is 2.15. The van der Waals surface area contributed by atoms with Crippen molar-refractivity contribution in [3.63, 3.8) is 0 Å². The molecule has 1 heteroatoms. The molecule has 0 spiro atoms. The normalized spacial score (nSPS) is 14.7. The van der Waals surface area contributed by atoms with Crippen molar-refractivity contribution >= 4 is 0 Å². The lowest BCUT2D eigenvalue weighted by Crippen LogP contribution is -2.20. The van der Waals surface area contributed by atoms with Gasteiger partial charge in [0.15, 0.2) is 0 Å². The van der Waals surface area contributed by atoms with Gasteiger partial charge in [-0.25, -0.2) is 0 Å². The van der Waals surface area contributed by atoms with Crippen LogP contribution in [0.1, 0.15) is 40.5 Å². The molecule has 0 aliphatic carbocycles. The molecule has 0 aromatic heterocycles. The maximum atomic E-state index is 9.50. The average Bonchev–Trinajstić information content (AvgIpc) is 2.00. The lowest BCUT2D eigenvalue weighted by molar-refractivity contribution is 0.113. The van der Waals surface area contributed by atoms with Crippen LogP contribution in [0.2, 0.25) is 0 Å². The molecule has 0 saturated carbocycles. The number of terminal acetylenes is 1. The van der Waals surface area contributed by atoms with E-state index in [9.17, 15) is 5.11 Å². The molecular weight excluding hydrogens is 148 g/mol. The summed E-state index contributed by atoms with van der Waals surface area (Å²) < 4.78 is 0. The molecule has 0 heterocycles. The molecule has 0 bridgehead atoms. The van der Waals surface area contributed by atoms with Crippen molar-refractivity contribution in [1.29, 1.82) is 0 Å². The van der Waals surface area contributed by atoms with E-state index >= 15 is 0 Å². The van der Waals surface area contributed by atoms with Gasteiger partial charge in [-0.2, -0.15) is 0 Å². The second kappa shape index (κ2) is 4.33. The van der Waals surface area contributed by atoms with Crippen LogP contribution in [0.4, 0.5) is 0 Å². The SMILES string of the molecule is C#C[C@](C)(O)CCC(C)=C(C)C. The Bertz CT molecular complexity index is 212. The first-order valence-corrected chi connectivity index (χ1v) is 4.22. The minimum absolute atomic E-state index is 0.639. The van der Waals surface area contributed by atoms with E-state index < -0.39 is 5.60 Å². The molecule has 0 unspecified atom stereocenters. The highest BCUT2D eigenvalue weighted by molar-refractivity contribution is 5.11. The summed E-state index contributed by atoms with van der Waals surface area (Å²) in [4.78, 5) is 0. The van der Waals surface area contributed by atoms with Gasteiger partial charge in [-0.1, -0.05) is 17.1 Å². The van der Waals surface area contributed by atoms with E-state index in [0.717, 1.165) is 6.42 Å². The third kappa shape index (κ3) is 4.20. The first-order chi connectivity index (χ1) is 5.39. The Balaban J connectivity index is 4.03. The summed E-state index contributed by atoms with van der Waals surface area (Å²) >= 11 is 0. The Morgan fingerprint density at radius 3 is 2.25 bits per heavy atom.